The van der Waals surface area contributed by atoms with Gasteiger partial charge in [-0.05, 0) is 34.6 Å². The third kappa shape index (κ3) is 3.21. The minimum Gasteiger partial charge on any atom is -0.392 e. The van der Waals surface area contributed by atoms with Crippen LogP contribution in [0.4, 0.5) is 0 Å². The Balaban J connectivity index is 2.82. The van der Waals surface area contributed by atoms with Crippen molar-refractivity contribution >= 4 is 11.6 Å². The maximum absolute atomic E-state index is 9.64. The van der Waals surface area contributed by atoms with E-state index in [2.05, 4.69) is 10.4 Å². The van der Waals surface area contributed by atoms with Gasteiger partial charge >= 0.3 is 0 Å². The standard InChI is InChI=1S/C12H22ClN3O/c1-6-16-10(11(13)8(2)15-16)7-14-12(4,5)9(3)17/h9,14,17H,6-7H2,1-5H3. The van der Waals surface area contributed by atoms with Crippen molar-refractivity contribution in [1.82, 2.24) is 15.1 Å². The molecule has 0 bridgehead atoms. The van der Waals surface area contributed by atoms with Crippen molar-refractivity contribution in [2.24, 2.45) is 0 Å². The molecule has 0 aliphatic carbocycles. The maximum Gasteiger partial charge on any atom is 0.0860 e. The van der Waals surface area contributed by atoms with E-state index in [0.29, 0.717) is 11.6 Å². The normalized spacial score (nSPS) is 14.1. The Morgan fingerprint density at radius 1 is 1.53 bits per heavy atom. The number of hydrogen-bond donors (Lipinski definition) is 2. The van der Waals surface area contributed by atoms with E-state index in [4.69, 9.17) is 11.6 Å². The summed E-state index contributed by atoms with van der Waals surface area (Å²) in [5.41, 5.74) is 1.47. The third-order valence-corrected chi connectivity index (χ3v) is 3.70. The van der Waals surface area contributed by atoms with E-state index < -0.39 is 6.10 Å². The van der Waals surface area contributed by atoms with Gasteiger partial charge in [0.1, 0.15) is 0 Å². The quantitative estimate of drug-likeness (QED) is 0.852. The number of nitrogens with one attached hydrogen (secondary N) is 1. The summed E-state index contributed by atoms with van der Waals surface area (Å²) >= 11 is 6.22. The molecular weight excluding hydrogens is 238 g/mol. The van der Waals surface area contributed by atoms with Crippen LogP contribution in [0.1, 0.15) is 39.1 Å². The molecule has 0 radical (unpaired) electrons. The molecule has 98 valence electrons. The molecule has 5 heteroatoms. The van der Waals surface area contributed by atoms with Crippen LogP contribution in [0, 0.1) is 6.92 Å². The second-order valence-corrected chi connectivity index (χ2v) is 5.29. The van der Waals surface area contributed by atoms with Gasteiger partial charge in [0.15, 0.2) is 0 Å². The van der Waals surface area contributed by atoms with Crippen LogP contribution in [-0.2, 0) is 13.1 Å². The highest BCUT2D eigenvalue weighted by molar-refractivity contribution is 6.31. The molecule has 1 heterocycles. The molecule has 0 aromatic carbocycles. The van der Waals surface area contributed by atoms with Crippen LogP contribution >= 0.6 is 11.6 Å². The van der Waals surface area contributed by atoms with Crippen LogP contribution in [0.3, 0.4) is 0 Å². The van der Waals surface area contributed by atoms with E-state index >= 15 is 0 Å². The van der Waals surface area contributed by atoms with E-state index in [0.717, 1.165) is 17.9 Å². The Hall–Kier alpha value is -0.580. The Morgan fingerprint density at radius 3 is 2.59 bits per heavy atom. The minimum absolute atomic E-state index is 0.347. The fraction of sp³-hybridized carbons (Fsp3) is 0.750. The van der Waals surface area contributed by atoms with Crippen molar-refractivity contribution in [1.29, 1.82) is 0 Å². The lowest BCUT2D eigenvalue weighted by atomic mass is 9.99. The van der Waals surface area contributed by atoms with E-state index in [-0.39, 0.29) is 5.54 Å². The number of nitrogens with zero attached hydrogens (tertiary/aromatic N) is 2. The second kappa shape index (κ2) is 5.38. The molecule has 2 N–H and O–H groups in total. The number of aliphatic hydroxyl groups is 1. The zero-order valence-electron chi connectivity index (χ0n) is 11.2. The topological polar surface area (TPSA) is 50.1 Å². The lowest BCUT2D eigenvalue weighted by Gasteiger charge is -2.29. The van der Waals surface area contributed by atoms with Gasteiger partial charge in [0, 0.05) is 18.6 Å². The van der Waals surface area contributed by atoms with Gasteiger partial charge in [-0.15, -0.1) is 0 Å². The first-order valence-electron chi connectivity index (χ1n) is 5.94. The number of rotatable bonds is 5. The minimum atomic E-state index is -0.430. The van der Waals surface area contributed by atoms with Gasteiger partial charge in [-0.3, -0.25) is 4.68 Å². The predicted molar refractivity (Wildman–Crippen MR) is 70.2 cm³/mol. The number of aromatic nitrogens is 2. The van der Waals surface area contributed by atoms with Gasteiger partial charge in [0.2, 0.25) is 0 Å². The molecule has 0 spiro atoms. The van der Waals surface area contributed by atoms with Crippen LogP contribution in [0.25, 0.3) is 0 Å². The zero-order valence-corrected chi connectivity index (χ0v) is 12.0. The average molecular weight is 260 g/mol. The molecule has 0 amide bonds. The molecule has 0 saturated heterocycles. The molecule has 1 unspecified atom stereocenters. The molecule has 4 nitrogen and oxygen atoms in total. The molecule has 0 fully saturated rings. The molecule has 1 aromatic rings. The SMILES string of the molecule is CCn1nc(C)c(Cl)c1CNC(C)(C)C(C)O. The highest BCUT2D eigenvalue weighted by Crippen LogP contribution is 2.21. The van der Waals surface area contributed by atoms with Crippen LogP contribution < -0.4 is 5.32 Å². The zero-order chi connectivity index (χ0) is 13.2. The lowest BCUT2D eigenvalue weighted by molar-refractivity contribution is 0.0951. The summed E-state index contributed by atoms with van der Waals surface area (Å²) in [6, 6.07) is 0. The van der Waals surface area contributed by atoms with Crippen molar-refractivity contribution in [3.05, 3.63) is 16.4 Å². The highest BCUT2D eigenvalue weighted by Gasteiger charge is 2.24. The van der Waals surface area contributed by atoms with Crippen molar-refractivity contribution in [2.75, 3.05) is 0 Å². The average Bonchev–Trinajstić information content (AvgIpc) is 2.52. The summed E-state index contributed by atoms with van der Waals surface area (Å²) in [7, 11) is 0. The summed E-state index contributed by atoms with van der Waals surface area (Å²) < 4.78 is 1.89. The Bertz CT molecular complexity index is 385. The molecule has 1 atom stereocenters. The Kier molecular flexibility index (Phi) is 4.58. The number of hydrogen-bond acceptors (Lipinski definition) is 3. The summed E-state index contributed by atoms with van der Waals surface area (Å²) in [6.07, 6.45) is -0.430. The first-order chi connectivity index (χ1) is 7.79. The first-order valence-corrected chi connectivity index (χ1v) is 6.32. The van der Waals surface area contributed by atoms with E-state index in [9.17, 15) is 5.11 Å². The smallest absolute Gasteiger partial charge is 0.0860 e. The number of aryl methyl sites for hydroxylation is 2. The molecule has 1 aromatic heterocycles. The summed E-state index contributed by atoms with van der Waals surface area (Å²) in [6.45, 7) is 11.0. The maximum atomic E-state index is 9.64. The highest BCUT2D eigenvalue weighted by atomic mass is 35.5. The molecule has 1 rings (SSSR count). The van der Waals surface area contributed by atoms with Crippen LogP contribution in [0.5, 0.6) is 0 Å². The van der Waals surface area contributed by atoms with Gasteiger partial charge < -0.3 is 10.4 Å². The second-order valence-electron chi connectivity index (χ2n) is 4.91. The monoisotopic (exact) mass is 259 g/mol. The summed E-state index contributed by atoms with van der Waals surface area (Å²) in [4.78, 5) is 0. The fourth-order valence-electron chi connectivity index (χ4n) is 1.50. The Morgan fingerprint density at radius 2 is 2.12 bits per heavy atom. The van der Waals surface area contributed by atoms with E-state index in [1.54, 1.807) is 6.92 Å². The molecule has 0 saturated carbocycles. The van der Waals surface area contributed by atoms with Crippen LogP contribution in [0.15, 0.2) is 0 Å². The molecular formula is C12H22ClN3O. The number of aliphatic hydroxyl groups excluding tert-OH is 1. The third-order valence-electron chi connectivity index (χ3n) is 3.21. The van der Waals surface area contributed by atoms with Crippen molar-refractivity contribution in [2.45, 2.75) is 59.4 Å². The van der Waals surface area contributed by atoms with Gasteiger partial charge in [0.05, 0.1) is 22.5 Å². The predicted octanol–water partition coefficient (Wildman–Crippen LogP) is 2.11. The van der Waals surface area contributed by atoms with Crippen LogP contribution in [-0.4, -0.2) is 26.5 Å². The summed E-state index contributed by atoms with van der Waals surface area (Å²) in [5.74, 6) is 0. The molecule has 0 aliphatic rings. The van der Waals surface area contributed by atoms with Gasteiger partial charge in [-0.2, -0.15) is 5.10 Å². The lowest BCUT2D eigenvalue weighted by Crippen LogP contribution is -2.48. The fourth-order valence-corrected chi connectivity index (χ4v) is 1.70. The largest absolute Gasteiger partial charge is 0.392 e. The van der Waals surface area contributed by atoms with Gasteiger partial charge in [-0.1, -0.05) is 11.6 Å². The van der Waals surface area contributed by atoms with Crippen molar-refractivity contribution in [3.63, 3.8) is 0 Å². The van der Waals surface area contributed by atoms with Gasteiger partial charge in [0.25, 0.3) is 0 Å². The molecule has 0 aliphatic heterocycles. The van der Waals surface area contributed by atoms with Gasteiger partial charge in [-0.25, -0.2) is 0 Å². The van der Waals surface area contributed by atoms with E-state index in [1.807, 2.05) is 32.4 Å². The molecule has 17 heavy (non-hydrogen) atoms. The summed E-state index contributed by atoms with van der Waals surface area (Å²) in [5, 5.41) is 18.0. The number of halogens is 1. The van der Waals surface area contributed by atoms with Crippen LogP contribution in [0.2, 0.25) is 5.02 Å². The van der Waals surface area contributed by atoms with E-state index in [1.165, 1.54) is 0 Å². The van der Waals surface area contributed by atoms with Crippen molar-refractivity contribution < 1.29 is 5.11 Å². The Labute approximate surface area is 108 Å². The first kappa shape index (κ1) is 14.5. The van der Waals surface area contributed by atoms with Crippen molar-refractivity contribution in [3.8, 4) is 0 Å².